The fourth-order valence-corrected chi connectivity index (χ4v) is 4.46. The smallest absolute Gasteiger partial charge is 0.272 e. The maximum Gasteiger partial charge on any atom is 0.272 e. The highest BCUT2D eigenvalue weighted by atomic mass is 16.5. The van der Waals surface area contributed by atoms with Crippen molar-refractivity contribution in [2.45, 2.75) is 44.6 Å². The van der Waals surface area contributed by atoms with E-state index in [9.17, 15) is 4.79 Å². The number of nitrogens with one attached hydrogen (secondary N) is 1. The van der Waals surface area contributed by atoms with E-state index in [4.69, 9.17) is 9.84 Å². The van der Waals surface area contributed by atoms with E-state index in [-0.39, 0.29) is 11.9 Å². The van der Waals surface area contributed by atoms with Crippen LogP contribution in [0.1, 0.15) is 59.0 Å². The Labute approximate surface area is 170 Å². The van der Waals surface area contributed by atoms with Crippen molar-refractivity contribution in [3.8, 4) is 11.4 Å². The van der Waals surface area contributed by atoms with Crippen molar-refractivity contribution >= 4 is 5.91 Å². The standard InChI is InChI=1S/C24H25N3O2/c28-24(25-20-15-16-29-22-14-8-7-11-18(20)22)23-19-12-5-2-6-13-21(19)27(26-23)17-9-3-1-4-10-17/h1,3-4,7-11,14,20H,2,5-6,12-13,15-16H2,(H,25,28). The molecule has 0 fully saturated rings. The number of nitrogens with zero attached hydrogens (tertiary/aromatic N) is 2. The number of benzene rings is 2. The van der Waals surface area contributed by atoms with Gasteiger partial charge in [-0.15, -0.1) is 0 Å². The van der Waals surface area contributed by atoms with E-state index in [0.717, 1.165) is 54.7 Å². The van der Waals surface area contributed by atoms with Crippen LogP contribution in [0.3, 0.4) is 0 Å². The van der Waals surface area contributed by atoms with E-state index in [2.05, 4.69) is 17.4 Å². The number of carbonyl (C=O) groups excluding carboxylic acids is 1. The molecule has 0 radical (unpaired) electrons. The lowest BCUT2D eigenvalue weighted by atomic mass is 10.00. The van der Waals surface area contributed by atoms with Gasteiger partial charge in [0, 0.05) is 23.2 Å². The van der Waals surface area contributed by atoms with Crippen LogP contribution in [0.15, 0.2) is 54.6 Å². The summed E-state index contributed by atoms with van der Waals surface area (Å²) in [4.78, 5) is 13.3. The lowest BCUT2D eigenvalue weighted by Gasteiger charge is -2.26. The van der Waals surface area contributed by atoms with Crippen molar-refractivity contribution < 1.29 is 9.53 Å². The van der Waals surface area contributed by atoms with Crippen LogP contribution in [0.25, 0.3) is 5.69 Å². The summed E-state index contributed by atoms with van der Waals surface area (Å²) in [5.41, 5.74) is 4.94. The Morgan fingerprint density at radius 1 is 1.00 bits per heavy atom. The summed E-state index contributed by atoms with van der Waals surface area (Å²) in [6, 6.07) is 18.0. The van der Waals surface area contributed by atoms with Crippen LogP contribution in [0, 0.1) is 0 Å². The summed E-state index contributed by atoms with van der Waals surface area (Å²) in [7, 11) is 0. The molecule has 5 rings (SSSR count). The molecule has 1 aliphatic heterocycles. The number of carbonyl (C=O) groups is 1. The zero-order valence-corrected chi connectivity index (χ0v) is 16.4. The number of fused-ring (bicyclic) bond motifs is 2. The van der Waals surface area contributed by atoms with E-state index in [1.807, 2.05) is 47.1 Å². The Hall–Kier alpha value is -3.08. The summed E-state index contributed by atoms with van der Waals surface area (Å²) >= 11 is 0. The Morgan fingerprint density at radius 2 is 1.79 bits per heavy atom. The Kier molecular flexibility index (Phi) is 4.80. The van der Waals surface area contributed by atoms with Gasteiger partial charge in [0.25, 0.3) is 5.91 Å². The van der Waals surface area contributed by atoms with Crippen molar-refractivity contribution in [1.29, 1.82) is 0 Å². The predicted molar refractivity (Wildman–Crippen MR) is 112 cm³/mol. The van der Waals surface area contributed by atoms with Gasteiger partial charge in [0.15, 0.2) is 5.69 Å². The van der Waals surface area contributed by atoms with Crippen LogP contribution in [0.2, 0.25) is 0 Å². The van der Waals surface area contributed by atoms with Gasteiger partial charge in [-0.25, -0.2) is 4.68 Å². The van der Waals surface area contributed by atoms with E-state index in [0.29, 0.717) is 12.3 Å². The van der Waals surface area contributed by atoms with Crippen molar-refractivity contribution in [2.24, 2.45) is 0 Å². The summed E-state index contributed by atoms with van der Waals surface area (Å²) in [6.45, 7) is 0.610. The molecule has 0 saturated carbocycles. The third kappa shape index (κ3) is 3.41. The molecule has 2 aromatic carbocycles. The first-order valence-corrected chi connectivity index (χ1v) is 10.5. The highest BCUT2D eigenvalue weighted by Gasteiger charge is 2.28. The third-order valence-electron chi connectivity index (χ3n) is 5.91. The molecular weight excluding hydrogens is 362 g/mol. The molecule has 148 valence electrons. The summed E-state index contributed by atoms with van der Waals surface area (Å²) in [5, 5.41) is 8.03. The van der Waals surface area contributed by atoms with Gasteiger partial charge in [0.1, 0.15) is 5.75 Å². The normalized spacial score (nSPS) is 18.1. The maximum absolute atomic E-state index is 13.3. The number of para-hydroxylation sites is 2. The molecule has 2 aliphatic rings. The number of rotatable bonds is 3. The zero-order chi connectivity index (χ0) is 19.6. The molecule has 3 aromatic rings. The topological polar surface area (TPSA) is 56.1 Å². The van der Waals surface area contributed by atoms with Crippen LogP contribution in [0.4, 0.5) is 0 Å². The van der Waals surface area contributed by atoms with Gasteiger partial charge in [0.05, 0.1) is 18.3 Å². The fourth-order valence-electron chi connectivity index (χ4n) is 4.46. The van der Waals surface area contributed by atoms with Crippen LogP contribution >= 0.6 is 0 Å². The molecule has 5 heteroatoms. The SMILES string of the molecule is O=C(NC1CCOc2ccccc21)c1nn(-c2ccccc2)c2c1CCCCC2. The molecule has 0 saturated heterocycles. The number of aromatic nitrogens is 2. The minimum absolute atomic E-state index is 0.0456. The fraction of sp³-hybridized carbons (Fsp3) is 0.333. The molecule has 29 heavy (non-hydrogen) atoms. The van der Waals surface area contributed by atoms with Gasteiger partial charge in [-0.3, -0.25) is 4.79 Å². The predicted octanol–water partition coefficient (Wildman–Crippen LogP) is 4.39. The largest absolute Gasteiger partial charge is 0.493 e. The first kappa shape index (κ1) is 18.0. The highest BCUT2D eigenvalue weighted by molar-refractivity contribution is 5.94. The molecule has 1 N–H and O–H groups in total. The van der Waals surface area contributed by atoms with Crippen LogP contribution in [-0.2, 0) is 12.8 Å². The number of hydrogen-bond donors (Lipinski definition) is 1. The highest BCUT2D eigenvalue weighted by Crippen LogP contribution is 2.32. The van der Waals surface area contributed by atoms with Gasteiger partial charge in [0.2, 0.25) is 0 Å². The second-order valence-electron chi connectivity index (χ2n) is 7.78. The Morgan fingerprint density at radius 3 is 2.69 bits per heavy atom. The second-order valence-corrected chi connectivity index (χ2v) is 7.78. The average Bonchev–Trinajstić information content (AvgIpc) is 2.96. The Balaban J connectivity index is 1.50. The molecule has 0 bridgehead atoms. The molecular formula is C24H25N3O2. The molecule has 1 unspecified atom stereocenters. The van der Waals surface area contributed by atoms with Crippen molar-refractivity contribution in [3.63, 3.8) is 0 Å². The average molecular weight is 387 g/mol. The second kappa shape index (κ2) is 7.74. The summed E-state index contributed by atoms with van der Waals surface area (Å²) < 4.78 is 7.72. The van der Waals surface area contributed by atoms with Crippen molar-refractivity contribution in [1.82, 2.24) is 15.1 Å². The molecule has 5 nitrogen and oxygen atoms in total. The van der Waals surface area contributed by atoms with E-state index in [1.165, 1.54) is 12.1 Å². The molecule has 2 heterocycles. The first-order chi connectivity index (χ1) is 14.3. The van der Waals surface area contributed by atoms with Crippen LogP contribution < -0.4 is 10.1 Å². The molecule has 1 aromatic heterocycles. The van der Waals surface area contributed by atoms with E-state index in [1.54, 1.807) is 0 Å². The van der Waals surface area contributed by atoms with E-state index >= 15 is 0 Å². The van der Waals surface area contributed by atoms with Gasteiger partial charge >= 0.3 is 0 Å². The van der Waals surface area contributed by atoms with Gasteiger partial charge in [-0.2, -0.15) is 5.10 Å². The van der Waals surface area contributed by atoms with Crippen molar-refractivity contribution in [2.75, 3.05) is 6.61 Å². The van der Waals surface area contributed by atoms with E-state index < -0.39 is 0 Å². The van der Waals surface area contributed by atoms with Crippen LogP contribution in [0.5, 0.6) is 5.75 Å². The number of hydrogen-bond acceptors (Lipinski definition) is 3. The zero-order valence-electron chi connectivity index (χ0n) is 16.4. The summed E-state index contributed by atoms with van der Waals surface area (Å²) in [5.74, 6) is 0.775. The maximum atomic E-state index is 13.3. The Bertz CT molecular complexity index is 1030. The minimum atomic E-state index is -0.0838. The molecule has 1 amide bonds. The quantitative estimate of drug-likeness (QED) is 0.678. The lowest BCUT2D eigenvalue weighted by Crippen LogP contribution is -2.33. The lowest BCUT2D eigenvalue weighted by molar-refractivity contribution is 0.0918. The van der Waals surface area contributed by atoms with Gasteiger partial charge in [-0.1, -0.05) is 42.8 Å². The molecule has 0 spiro atoms. The van der Waals surface area contributed by atoms with Crippen molar-refractivity contribution in [3.05, 3.63) is 77.1 Å². The van der Waals surface area contributed by atoms with Gasteiger partial charge < -0.3 is 10.1 Å². The number of ether oxygens (including phenoxy) is 1. The monoisotopic (exact) mass is 387 g/mol. The number of amides is 1. The first-order valence-electron chi connectivity index (χ1n) is 10.5. The minimum Gasteiger partial charge on any atom is -0.493 e. The van der Waals surface area contributed by atoms with Crippen LogP contribution in [-0.4, -0.2) is 22.3 Å². The summed E-state index contributed by atoms with van der Waals surface area (Å²) in [6.07, 6.45) is 6.08. The van der Waals surface area contributed by atoms with Gasteiger partial charge in [-0.05, 0) is 43.9 Å². The molecule has 1 aliphatic carbocycles. The molecule has 1 atom stereocenters. The third-order valence-corrected chi connectivity index (χ3v) is 5.91.